The fourth-order valence-electron chi connectivity index (χ4n) is 2.61. The molecule has 1 saturated carbocycles. The summed E-state index contributed by atoms with van der Waals surface area (Å²) in [6.07, 6.45) is 5.20. The first-order chi connectivity index (χ1) is 8.80. The third-order valence-electron chi connectivity index (χ3n) is 3.64. The molecule has 1 N–H and O–H groups in total. The van der Waals surface area contributed by atoms with E-state index < -0.39 is 0 Å². The molecule has 0 amide bonds. The highest BCUT2D eigenvalue weighted by Gasteiger charge is 2.39. The van der Waals surface area contributed by atoms with E-state index in [-0.39, 0.29) is 0 Å². The number of benzene rings is 1. The van der Waals surface area contributed by atoms with E-state index >= 15 is 0 Å². The molecule has 18 heavy (non-hydrogen) atoms. The normalized spacial score (nSPS) is 23.2. The summed E-state index contributed by atoms with van der Waals surface area (Å²) in [7, 11) is 0. The monoisotopic (exact) mass is 257 g/mol. The Balaban J connectivity index is 1.75. The lowest BCUT2D eigenvalue weighted by Gasteiger charge is -2.21. The van der Waals surface area contributed by atoms with Crippen LogP contribution in [0.3, 0.4) is 0 Å². The molecule has 0 aromatic heterocycles. The molecule has 0 atom stereocenters. The maximum Gasteiger partial charge on any atom is 0.162 e. The fourth-order valence-corrected chi connectivity index (χ4v) is 3.85. The Bertz CT molecular complexity index is 507. The average Bonchev–Trinajstić information content (AvgIpc) is 3.02. The summed E-state index contributed by atoms with van der Waals surface area (Å²) < 4.78 is 0. The lowest BCUT2D eigenvalue weighted by molar-refractivity contribution is 0.453. The van der Waals surface area contributed by atoms with Crippen molar-refractivity contribution < 1.29 is 0 Å². The summed E-state index contributed by atoms with van der Waals surface area (Å²) >= 11 is 1.82. The van der Waals surface area contributed by atoms with Crippen molar-refractivity contribution in [3.05, 3.63) is 29.8 Å². The van der Waals surface area contributed by atoms with Crippen LogP contribution in [0.25, 0.3) is 0 Å². The molecule has 1 aliphatic heterocycles. The predicted octanol–water partition coefficient (Wildman–Crippen LogP) is 3.19. The van der Waals surface area contributed by atoms with Gasteiger partial charge < -0.3 is 5.32 Å². The van der Waals surface area contributed by atoms with Crippen molar-refractivity contribution in [2.75, 3.05) is 5.75 Å². The molecule has 1 heterocycles. The molecule has 0 radical (unpaired) electrons. The molecule has 3 nitrogen and oxygen atoms in total. The minimum Gasteiger partial charge on any atom is -0.358 e. The number of amidine groups is 1. The Labute approximate surface area is 111 Å². The summed E-state index contributed by atoms with van der Waals surface area (Å²) in [4.78, 5) is 4.61. The van der Waals surface area contributed by atoms with Crippen LogP contribution in [0.15, 0.2) is 29.3 Å². The van der Waals surface area contributed by atoms with Gasteiger partial charge in [0.2, 0.25) is 0 Å². The van der Waals surface area contributed by atoms with Gasteiger partial charge in [-0.15, -0.1) is 0 Å². The molecule has 1 aromatic rings. The zero-order valence-corrected chi connectivity index (χ0v) is 11.0. The van der Waals surface area contributed by atoms with Crippen molar-refractivity contribution in [2.45, 2.75) is 31.2 Å². The minimum absolute atomic E-state index is 0.316. The SMILES string of the molecule is N#Cc1ccc(/N=C2\NC3(CCCC3)CS2)cc1. The minimum atomic E-state index is 0.316. The van der Waals surface area contributed by atoms with Crippen LogP contribution in [0, 0.1) is 11.3 Å². The van der Waals surface area contributed by atoms with Crippen LogP contribution in [0.4, 0.5) is 5.69 Å². The molecule has 1 spiro atoms. The highest BCUT2D eigenvalue weighted by atomic mass is 32.2. The molecular formula is C14H15N3S. The Morgan fingerprint density at radius 3 is 2.61 bits per heavy atom. The van der Waals surface area contributed by atoms with Gasteiger partial charge in [0.05, 0.1) is 17.3 Å². The Morgan fingerprint density at radius 2 is 1.94 bits per heavy atom. The van der Waals surface area contributed by atoms with Crippen molar-refractivity contribution in [1.29, 1.82) is 5.26 Å². The van der Waals surface area contributed by atoms with Gasteiger partial charge in [-0.25, -0.2) is 4.99 Å². The zero-order valence-electron chi connectivity index (χ0n) is 10.1. The second-order valence-corrected chi connectivity index (χ2v) is 5.94. The number of hydrogen-bond donors (Lipinski definition) is 1. The molecule has 1 saturated heterocycles. The number of aliphatic imine (C=N–C) groups is 1. The third-order valence-corrected chi connectivity index (χ3v) is 4.81. The average molecular weight is 257 g/mol. The van der Waals surface area contributed by atoms with E-state index in [1.54, 1.807) is 0 Å². The van der Waals surface area contributed by atoms with Gasteiger partial charge in [0.25, 0.3) is 0 Å². The molecule has 1 aliphatic carbocycles. The van der Waals surface area contributed by atoms with E-state index in [0.29, 0.717) is 11.1 Å². The first-order valence-corrected chi connectivity index (χ1v) is 7.28. The van der Waals surface area contributed by atoms with Crippen molar-refractivity contribution in [1.82, 2.24) is 5.32 Å². The van der Waals surface area contributed by atoms with Crippen molar-refractivity contribution >= 4 is 22.6 Å². The molecule has 0 unspecified atom stereocenters. The molecule has 1 aromatic carbocycles. The van der Waals surface area contributed by atoms with Gasteiger partial charge in [-0.2, -0.15) is 5.26 Å². The zero-order chi connectivity index (χ0) is 12.4. The topological polar surface area (TPSA) is 48.2 Å². The van der Waals surface area contributed by atoms with Crippen LogP contribution in [0.5, 0.6) is 0 Å². The highest BCUT2D eigenvalue weighted by molar-refractivity contribution is 8.14. The van der Waals surface area contributed by atoms with E-state index in [0.717, 1.165) is 16.6 Å². The molecule has 3 rings (SSSR count). The third kappa shape index (κ3) is 2.23. The summed E-state index contributed by atoms with van der Waals surface area (Å²) in [5.74, 6) is 1.14. The van der Waals surface area contributed by atoms with Crippen LogP contribution in [0.2, 0.25) is 0 Å². The number of hydrogen-bond acceptors (Lipinski definition) is 3. The number of rotatable bonds is 1. The van der Waals surface area contributed by atoms with Crippen LogP contribution < -0.4 is 5.32 Å². The number of nitrogens with zero attached hydrogens (tertiary/aromatic N) is 2. The van der Waals surface area contributed by atoms with Gasteiger partial charge in [0, 0.05) is 11.3 Å². The standard InChI is InChI=1S/C14H15N3S/c15-9-11-3-5-12(6-4-11)16-13-17-14(10-18-13)7-1-2-8-14/h3-6H,1-2,7-8,10H2,(H,16,17). The van der Waals surface area contributed by atoms with Crippen molar-refractivity contribution in [3.63, 3.8) is 0 Å². The number of nitriles is 1. The van der Waals surface area contributed by atoms with E-state index in [2.05, 4.69) is 16.4 Å². The van der Waals surface area contributed by atoms with Crippen LogP contribution in [0.1, 0.15) is 31.2 Å². The quantitative estimate of drug-likeness (QED) is 0.840. The van der Waals surface area contributed by atoms with E-state index in [9.17, 15) is 0 Å². The number of thioether (sulfide) groups is 1. The van der Waals surface area contributed by atoms with E-state index in [1.807, 2.05) is 36.0 Å². The van der Waals surface area contributed by atoms with Crippen LogP contribution >= 0.6 is 11.8 Å². The second-order valence-electron chi connectivity index (χ2n) is 4.98. The molecule has 2 fully saturated rings. The van der Waals surface area contributed by atoms with Crippen molar-refractivity contribution in [2.24, 2.45) is 4.99 Å². The van der Waals surface area contributed by atoms with Crippen LogP contribution in [-0.2, 0) is 0 Å². The number of nitrogens with one attached hydrogen (secondary N) is 1. The molecule has 2 aliphatic rings. The van der Waals surface area contributed by atoms with Gasteiger partial charge in [-0.05, 0) is 37.1 Å². The van der Waals surface area contributed by atoms with Crippen LogP contribution in [-0.4, -0.2) is 16.5 Å². The summed E-state index contributed by atoms with van der Waals surface area (Å²) in [5.41, 5.74) is 1.91. The summed E-state index contributed by atoms with van der Waals surface area (Å²) in [6.45, 7) is 0. The van der Waals surface area contributed by atoms with E-state index in [1.165, 1.54) is 25.7 Å². The largest absolute Gasteiger partial charge is 0.358 e. The Hall–Kier alpha value is -1.47. The maximum absolute atomic E-state index is 8.75. The first-order valence-electron chi connectivity index (χ1n) is 6.30. The van der Waals surface area contributed by atoms with Gasteiger partial charge in [-0.3, -0.25) is 0 Å². The lowest BCUT2D eigenvalue weighted by atomic mass is 10.0. The van der Waals surface area contributed by atoms with Gasteiger partial charge in [-0.1, -0.05) is 24.6 Å². The summed E-state index contributed by atoms with van der Waals surface area (Å²) in [6, 6.07) is 9.53. The molecule has 92 valence electrons. The van der Waals surface area contributed by atoms with Gasteiger partial charge in [0.1, 0.15) is 0 Å². The smallest absolute Gasteiger partial charge is 0.162 e. The van der Waals surface area contributed by atoms with Gasteiger partial charge in [0.15, 0.2) is 5.17 Å². The van der Waals surface area contributed by atoms with Gasteiger partial charge >= 0.3 is 0 Å². The predicted molar refractivity (Wildman–Crippen MR) is 75.0 cm³/mol. The Kier molecular flexibility index (Phi) is 3.00. The lowest BCUT2D eigenvalue weighted by Crippen LogP contribution is -2.40. The summed E-state index contributed by atoms with van der Waals surface area (Å²) in [5, 5.41) is 13.4. The van der Waals surface area contributed by atoms with E-state index in [4.69, 9.17) is 5.26 Å². The highest BCUT2D eigenvalue weighted by Crippen LogP contribution is 2.38. The first kappa shape index (κ1) is 11.6. The van der Waals surface area contributed by atoms with Crippen molar-refractivity contribution in [3.8, 4) is 6.07 Å². The molecule has 4 heteroatoms. The Morgan fingerprint density at radius 1 is 1.22 bits per heavy atom. The second kappa shape index (κ2) is 4.66. The molecular weight excluding hydrogens is 242 g/mol. The molecule has 0 bridgehead atoms. The fraction of sp³-hybridized carbons (Fsp3) is 0.429. The maximum atomic E-state index is 8.75.